The summed E-state index contributed by atoms with van der Waals surface area (Å²) in [6.07, 6.45) is 6.61. The van der Waals surface area contributed by atoms with Crippen molar-refractivity contribution in [3.63, 3.8) is 0 Å². The van der Waals surface area contributed by atoms with E-state index in [2.05, 4.69) is 25.6 Å². The fourth-order valence-corrected chi connectivity index (χ4v) is 1.90. The first kappa shape index (κ1) is 14.5. The van der Waals surface area contributed by atoms with E-state index in [-0.39, 0.29) is 5.57 Å². The quantitative estimate of drug-likeness (QED) is 0.556. The zero-order valence-corrected chi connectivity index (χ0v) is 11.1. The summed E-state index contributed by atoms with van der Waals surface area (Å²) in [7, 11) is 0. The highest BCUT2D eigenvalue weighted by atomic mass is 16.4. The highest BCUT2D eigenvalue weighted by molar-refractivity contribution is 5.86. The van der Waals surface area contributed by atoms with Crippen LogP contribution in [0.2, 0.25) is 0 Å². The second-order valence-electron chi connectivity index (χ2n) is 4.71. The lowest BCUT2D eigenvalue weighted by molar-refractivity contribution is -0.132. The average molecular weight is 246 g/mol. The molecule has 2 heteroatoms. The number of aryl methyl sites for hydroxylation is 1. The Morgan fingerprint density at radius 2 is 1.72 bits per heavy atom. The minimum absolute atomic E-state index is 0.241. The Morgan fingerprint density at radius 3 is 2.28 bits per heavy atom. The molecule has 0 radical (unpaired) electrons. The van der Waals surface area contributed by atoms with Gasteiger partial charge in [0.2, 0.25) is 0 Å². The molecule has 18 heavy (non-hydrogen) atoms. The lowest BCUT2D eigenvalue weighted by Crippen LogP contribution is -2.02. The van der Waals surface area contributed by atoms with Crippen molar-refractivity contribution in [1.29, 1.82) is 0 Å². The highest BCUT2D eigenvalue weighted by Crippen LogP contribution is 2.12. The monoisotopic (exact) mass is 246 g/mol. The topological polar surface area (TPSA) is 37.3 Å². The van der Waals surface area contributed by atoms with Crippen LogP contribution in [0.5, 0.6) is 0 Å². The maximum Gasteiger partial charge on any atom is 0.331 e. The predicted octanol–water partition coefficient (Wildman–Crippen LogP) is 3.99. The van der Waals surface area contributed by atoms with Gasteiger partial charge in [0.15, 0.2) is 0 Å². The Morgan fingerprint density at radius 1 is 1.11 bits per heavy atom. The maximum atomic E-state index is 10.7. The van der Waals surface area contributed by atoms with E-state index in [0.717, 1.165) is 12.0 Å². The molecule has 1 rings (SSSR count). The Balaban J connectivity index is 2.42. The molecule has 0 amide bonds. The molecule has 1 aromatic carbocycles. The molecule has 0 spiro atoms. The average Bonchev–Trinajstić information content (AvgIpc) is 2.36. The van der Waals surface area contributed by atoms with E-state index in [1.165, 1.54) is 31.2 Å². The van der Waals surface area contributed by atoms with Gasteiger partial charge in [0.1, 0.15) is 0 Å². The number of benzene rings is 1. The van der Waals surface area contributed by atoms with Crippen LogP contribution in [-0.2, 0) is 17.6 Å². The molecule has 0 fully saturated rings. The molecular formula is C16H22O2. The van der Waals surface area contributed by atoms with Crippen LogP contribution in [0.1, 0.15) is 43.7 Å². The summed E-state index contributed by atoms with van der Waals surface area (Å²) in [4.78, 5) is 10.7. The van der Waals surface area contributed by atoms with Crippen LogP contribution < -0.4 is 0 Å². The van der Waals surface area contributed by atoms with E-state index in [0.29, 0.717) is 6.42 Å². The van der Waals surface area contributed by atoms with Gasteiger partial charge in [0, 0.05) is 12.0 Å². The van der Waals surface area contributed by atoms with Gasteiger partial charge in [0.25, 0.3) is 0 Å². The van der Waals surface area contributed by atoms with Crippen LogP contribution in [0.25, 0.3) is 0 Å². The summed E-state index contributed by atoms with van der Waals surface area (Å²) < 4.78 is 0. The number of carboxylic acid groups (broad SMARTS) is 1. The molecule has 0 saturated carbocycles. The van der Waals surface area contributed by atoms with Crippen LogP contribution in [0.3, 0.4) is 0 Å². The van der Waals surface area contributed by atoms with Gasteiger partial charge in [0.05, 0.1) is 0 Å². The molecule has 0 unspecified atom stereocenters. The van der Waals surface area contributed by atoms with Gasteiger partial charge in [-0.25, -0.2) is 4.79 Å². The zero-order chi connectivity index (χ0) is 13.4. The van der Waals surface area contributed by atoms with E-state index in [1.54, 1.807) is 0 Å². The number of hydrogen-bond acceptors (Lipinski definition) is 1. The SMILES string of the molecule is C=C(Cc1ccc(CCCCCC)cc1)C(=O)O. The Kier molecular flexibility index (Phi) is 6.20. The van der Waals surface area contributed by atoms with Gasteiger partial charge in [-0.3, -0.25) is 0 Å². The summed E-state index contributed by atoms with van der Waals surface area (Å²) in [5, 5.41) is 8.77. The lowest BCUT2D eigenvalue weighted by Gasteiger charge is -2.04. The van der Waals surface area contributed by atoms with Crippen molar-refractivity contribution < 1.29 is 9.90 Å². The molecule has 0 bridgehead atoms. The molecule has 0 aliphatic carbocycles. The number of hydrogen-bond donors (Lipinski definition) is 1. The van der Waals surface area contributed by atoms with E-state index in [4.69, 9.17) is 5.11 Å². The van der Waals surface area contributed by atoms with Gasteiger partial charge < -0.3 is 5.11 Å². The molecular weight excluding hydrogens is 224 g/mol. The van der Waals surface area contributed by atoms with Gasteiger partial charge in [-0.2, -0.15) is 0 Å². The van der Waals surface area contributed by atoms with Crippen molar-refractivity contribution in [2.45, 2.75) is 45.4 Å². The first-order chi connectivity index (χ1) is 8.63. The second kappa shape index (κ2) is 7.70. The third kappa shape index (κ3) is 5.17. The minimum Gasteiger partial charge on any atom is -0.478 e. The minimum atomic E-state index is -0.918. The summed E-state index contributed by atoms with van der Waals surface area (Å²) in [6, 6.07) is 8.19. The number of unbranched alkanes of at least 4 members (excludes halogenated alkanes) is 3. The number of rotatable bonds is 8. The van der Waals surface area contributed by atoms with Crippen molar-refractivity contribution in [3.05, 3.63) is 47.5 Å². The van der Waals surface area contributed by atoms with Crippen LogP contribution in [0.15, 0.2) is 36.4 Å². The largest absolute Gasteiger partial charge is 0.478 e. The first-order valence-corrected chi connectivity index (χ1v) is 6.62. The summed E-state index contributed by atoms with van der Waals surface area (Å²) in [5.74, 6) is -0.918. The summed E-state index contributed by atoms with van der Waals surface area (Å²) >= 11 is 0. The molecule has 1 N–H and O–H groups in total. The van der Waals surface area contributed by atoms with Gasteiger partial charge >= 0.3 is 5.97 Å². The van der Waals surface area contributed by atoms with Crippen LogP contribution in [-0.4, -0.2) is 11.1 Å². The Bertz CT molecular complexity index is 390. The lowest BCUT2D eigenvalue weighted by atomic mass is 10.0. The maximum absolute atomic E-state index is 10.7. The molecule has 2 nitrogen and oxygen atoms in total. The zero-order valence-electron chi connectivity index (χ0n) is 11.1. The summed E-state index contributed by atoms with van der Waals surface area (Å²) in [6.45, 7) is 5.75. The van der Waals surface area contributed by atoms with E-state index in [1.807, 2.05) is 12.1 Å². The second-order valence-corrected chi connectivity index (χ2v) is 4.71. The van der Waals surface area contributed by atoms with Gasteiger partial charge in [-0.1, -0.05) is 57.0 Å². The smallest absolute Gasteiger partial charge is 0.331 e. The molecule has 0 aliphatic rings. The van der Waals surface area contributed by atoms with E-state index in [9.17, 15) is 4.79 Å². The van der Waals surface area contributed by atoms with Crippen molar-refractivity contribution in [3.8, 4) is 0 Å². The Labute approximate surface area is 109 Å². The number of carboxylic acids is 1. The predicted molar refractivity (Wildman–Crippen MR) is 74.8 cm³/mol. The van der Waals surface area contributed by atoms with Gasteiger partial charge in [-0.05, 0) is 24.0 Å². The van der Waals surface area contributed by atoms with E-state index < -0.39 is 5.97 Å². The molecule has 0 heterocycles. The van der Waals surface area contributed by atoms with Crippen LogP contribution in [0, 0.1) is 0 Å². The van der Waals surface area contributed by atoms with Crippen molar-refractivity contribution in [2.24, 2.45) is 0 Å². The normalized spacial score (nSPS) is 10.3. The van der Waals surface area contributed by atoms with Crippen LogP contribution >= 0.6 is 0 Å². The third-order valence-electron chi connectivity index (χ3n) is 3.06. The third-order valence-corrected chi connectivity index (χ3v) is 3.06. The van der Waals surface area contributed by atoms with Crippen LogP contribution in [0.4, 0.5) is 0 Å². The fourth-order valence-electron chi connectivity index (χ4n) is 1.90. The molecule has 1 aromatic rings. The summed E-state index contributed by atoms with van der Waals surface area (Å²) in [5.41, 5.74) is 2.58. The number of aliphatic carboxylic acids is 1. The van der Waals surface area contributed by atoms with Crippen molar-refractivity contribution in [2.75, 3.05) is 0 Å². The van der Waals surface area contributed by atoms with Crippen molar-refractivity contribution >= 4 is 5.97 Å². The van der Waals surface area contributed by atoms with E-state index >= 15 is 0 Å². The first-order valence-electron chi connectivity index (χ1n) is 6.62. The molecule has 0 saturated heterocycles. The standard InChI is InChI=1S/C16H22O2/c1-3-4-5-6-7-14-8-10-15(11-9-14)12-13(2)16(17)18/h8-11H,2-7,12H2,1H3,(H,17,18). The Hall–Kier alpha value is -1.57. The molecule has 98 valence electrons. The highest BCUT2D eigenvalue weighted by Gasteiger charge is 2.04. The fraction of sp³-hybridized carbons (Fsp3) is 0.438. The molecule has 0 aromatic heterocycles. The molecule has 0 aliphatic heterocycles. The van der Waals surface area contributed by atoms with Gasteiger partial charge in [-0.15, -0.1) is 0 Å². The van der Waals surface area contributed by atoms with Crippen molar-refractivity contribution in [1.82, 2.24) is 0 Å². The molecule has 0 atom stereocenters. The number of carbonyl (C=O) groups is 1.